The zero-order valence-corrected chi connectivity index (χ0v) is 14.2. The van der Waals surface area contributed by atoms with E-state index in [-0.39, 0.29) is 11.2 Å². The molecule has 0 amide bonds. The molecule has 2 nitrogen and oxygen atoms in total. The summed E-state index contributed by atoms with van der Waals surface area (Å²) >= 11 is 3.36. The number of methoxy groups -OCH3 is 1. The normalized spacial score (nSPS) is 14.2. The van der Waals surface area contributed by atoms with Crippen LogP contribution in [-0.4, -0.2) is 26.8 Å². The van der Waals surface area contributed by atoms with Crippen LogP contribution in [0.1, 0.15) is 32.3 Å². The van der Waals surface area contributed by atoms with Crippen molar-refractivity contribution >= 4 is 15.9 Å². The van der Waals surface area contributed by atoms with Gasteiger partial charge in [-0.3, -0.25) is 0 Å². The van der Waals surface area contributed by atoms with E-state index in [0.717, 1.165) is 42.4 Å². The number of rotatable bonds is 9. The van der Waals surface area contributed by atoms with E-state index in [0.29, 0.717) is 6.61 Å². The van der Waals surface area contributed by atoms with Crippen molar-refractivity contribution in [3.8, 4) is 0 Å². The third kappa shape index (κ3) is 6.33. The van der Waals surface area contributed by atoms with Crippen molar-refractivity contribution in [1.82, 2.24) is 5.32 Å². The molecule has 0 aromatic heterocycles. The maximum absolute atomic E-state index is 13.5. The molecule has 0 fully saturated rings. The molecule has 1 rings (SSSR count). The summed E-state index contributed by atoms with van der Waals surface area (Å²) in [5, 5.41) is 3.43. The van der Waals surface area contributed by atoms with E-state index in [2.05, 4.69) is 35.1 Å². The molecule has 1 N–H and O–H groups in total. The molecule has 0 radical (unpaired) electrons. The number of halogens is 2. The van der Waals surface area contributed by atoms with Crippen molar-refractivity contribution < 1.29 is 9.13 Å². The Labute approximate surface area is 130 Å². The van der Waals surface area contributed by atoms with Crippen LogP contribution in [0.15, 0.2) is 22.7 Å². The number of hydrogen-bond acceptors (Lipinski definition) is 2. The van der Waals surface area contributed by atoms with Crippen molar-refractivity contribution in [3.63, 3.8) is 0 Å². The molecule has 0 bridgehead atoms. The van der Waals surface area contributed by atoms with Gasteiger partial charge >= 0.3 is 0 Å². The number of nitrogens with one attached hydrogen (secondary N) is 1. The van der Waals surface area contributed by atoms with Crippen LogP contribution in [-0.2, 0) is 11.2 Å². The summed E-state index contributed by atoms with van der Waals surface area (Å²) in [5.74, 6) is -0.180. The van der Waals surface area contributed by atoms with Crippen LogP contribution >= 0.6 is 15.9 Å². The Morgan fingerprint density at radius 1 is 1.35 bits per heavy atom. The van der Waals surface area contributed by atoms with Crippen molar-refractivity contribution in [2.75, 3.05) is 26.8 Å². The SMILES string of the molecule is CCCC(C)(CNCCOC)Cc1cc(F)cc(Br)c1. The monoisotopic (exact) mass is 345 g/mol. The summed E-state index contributed by atoms with van der Waals surface area (Å²) in [6, 6.07) is 5.14. The van der Waals surface area contributed by atoms with Crippen LogP contribution in [0.3, 0.4) is 0 Å². The van der Waals surface area contributed by atoms with Crippen LogP contribution in [0.4, 0.5) is 4.39 Å². The van der Waals surface area contributed by atoms with Gasteiger partial charge in [-0.25, -0.2) is 4.39 Å². The van der Waals surface area contributed by atoms with E-state index >= 15 is 0 Å². The number of benzene rings is 1. The molecular weight excluding hydrogens is 321 g/mol. The molecule has 114 valence electrons. The van der Waals surface area contributed by atoms with E-state index in [1.54, 1.807) is 13.2 Å². The van der Waals surface area contributed by atoms with Gasteiger partial charge in [0, 0.05) is 24.7 Å². The molecular formula is C16H25BrFNO. The van der Waals surface area contributed by atoms with Gasteiger partial charge < -0.3 is 10.1 Å². The van der Waals surface area contributed by atoms with Crippen LogP contribution in [0.25, 0.3) is 0 Å². The van der Waals surface area contributed by atoms with E-state index in [1.165, 1.54) is 6.07 Å². The Hall–Kier alpha value is -0.450. The maximum Gasteiger partial charge on any atom is 0.124 e. The van der Waals surface area contributed by atoms with Gasteiger partial charge in [-0.2, -0.15) is 0 Å². The maximum atomic E-state index is 13.5. The highest BCUT2D eigenvalue weighted by Gasteiger charge is 2.23. The first-order valence-electron chi connectivity index (χ1n) is 7.14. The minimum atomic E-state index is -0.180. The lowest BCUT2D eigenvalue weighted by Crippen LogP contribution is -2.35. The molecule has 1 aromatic rings. The summed E-state index contributed by atoms with van der Waals surface area (Å²) in [5.41, 5.74) is 1.18. The van der Waals surface area contributed by atoms with E-state index < -0.39 is 0 Å². The molecule has 20 heavy (non-hydrogen) atoms. The van der Waals surface area contributed by atoms with Crippen LogP contribution in [0, 0.1) is 11.2 Å². The zero-order valence-electron chi connectivity index (χ0n) is 12.6. The van der Waals surface area contributed by atoms with Crippen LogP contribution in [0.2, 0.25) is 0 Å². The average Bonchev–Trinajstić information content (AvgIpc) is 2.33. The van der Waals surface area contributed by atoms with Gasteiger partial charge in [0.15, 0.2) is 0 Å². The molecule has 1 unspecified atom stereocenters. The fraction of sp³-hybridized carbons (Fsp3) is 0.625. The lowest BCUT2D eigenvalue weighted by atomic mass is 9.79. The zero-order chi connectivity index (χ0) is 15.0. The predicted octanol–water partition coefficient (Wildman–Crippen LogP) is 4.17. The fourth-order valence-corrected chi connectivity index (χ4v) is 3.13. The van der Waals surface area contributed by atoms with Crippen molar-refractivity contribution in [2.24, 2.45) is 5.41 Å². The second-order valence-corrected chi connectivity index (χ2v) is 6.60. The van der Waals surface area contributed by atoms with E-state index in [1.807, 2.05) is 6.07 Å². The van der Waals surface area contributed by atoms with Crippen LogP contribution in [0.5, 0.6) is 0 Å². The van der Waals surface area contributed by atoms with Gasteiger partial charge in [0.2, 0.25) is 0 Å². The summed E-state index contributed by atoms with van der Waals surface area (Å²) < 4.78 is 19.3. The molecule has 0 aliphatic heterocycles. The predicted molar refractivity (Wildman–Crippen MR) is 85.6 cm³/mol. The topological polar surface area (TPSA) is 21.3 Å². The third-order valence-corrected chi connectivity index (χ3v) is 3.90. The molecule has 0 spiro atoms. The van der Waals surface area contributed by atoms with Crippen molar-refractivity contribution in [1.29, 1.82) is 0 Å². The Bertz CT molecular complexity index is 393. The average molecular weight is 346 g/mol. The second-order valence-electron chi connectivity index (χ2n) is 5.68. The van der Waals surface area contributed by atoms with Gasteiger partial charge in [-0.15, -0.1) is 0 Å². The molecule has 0 saturated heterocycles. The lowest BCUT2D eigenvalue weighted by Gasteiger charge is -2.30. The van der Waals surface area contributed by atoms with Gasteiger partial charge in [0.1, 0.15) is 5.82 Å². The van der Waals surface area contributed by atoms with E-state index in [4.69, 9.17) is 4.74 Å². The summed E-state index contributed by atoms with van der Waals surface area (Å²) in [6.07, 6.45) is 3.11. The molecule has 0 heterocycles. The highest BCUT2D eigenvalue weighted by molar-refractivity contribution is 9.10. The Balaban J connectivity index is 2.68. The van der Waals surface area contributed by atoms with Crippen molar-refractivity contribution in [3.05, 3.63) is 34.1 Å². The second kappa shape index (κ2) is 8.75. The quantitative estimate of drug-likeness (QED) is 0.678. The van der Waals surface area contributed by atoms with Gasteiger partial charge in [0.25, 0.3) is 0 Å². The van der Waals surface area contributed by atoms with Gasteiger partial charge in [-0.1, -0.05) is 36.2 Å². The van der Waals surface area contributed by atoms with Crippen LogP contribution < -0.4 is 5.32 Å². The first kappa shape index (κ1) is 17.6. The Morgan fingerprint density at radius 2 is 2.10 bits per heavy atom. The van der Waals surface area contributed by atoms with E-state index in [9.17, 15) is 4.39 Å². The first-order chi connectivity index (χ1) is 9.49. The molecule has 0 saturated carbocycles. The fourth-order valence-electron chi connectivity index (χ4n) is 2.61. The minimum Gasteiger partial charge on any atom is -0.383 e. The molecule has 1 atom stereocenters. The number of ether oxygens (including phenoxy) is 1. The molecule has 0 aliphatic rings. The standard InChI is InChI=1S/C16H25BrFNO/c1-4-5-16(2,12-19-6-7-20-3)11-13-8-14(17)10-15(18)9-13/h8-10,19H,4-7,11-12H2,1-3H3. The number of hydrogen-bond donors (Lipinski definition) is 1. The molecule has 0 aliphatic carbocycles. The Kier molecular flexibility index (Phi) is 7.70. The summed E-state index contributed by atoms with van der Waals surface area (Å²) in [7, 11) is 1.71. The van der Waals surface area contributed by atoms with Crippen molar-refractivity contribution in [2.45, 2.75) is 33.1 Å². The van der Waals surface area contributed by atoms with Gasteiger partial charge in [0.05, 0.1) is 6.61 Å². The van der Waals surface area contributed by atoms with Gasteiger partial charge in [-0.05, 0) is 42.0 Å². The molecule has 4 heteroatoms. The smallest absolute Gasteiger partial charge is 0.124 e. The molecule has 1 aromatic carbocycles. The largest absolute Gasteiger partial charge is 0.383 e. The third-order valence-electron chi connectivity index (χ3n) is 3.44. The highest BCUT2D eigenvalue weighted by atomic mass is 79.9. The minimum absolute atomic E-state index is 0.135. The summed E-state index contributed by atoms with van der Waals surface area (Å²) in [4.78, 5) is 0. The highest BCUT2D eigenvalue weighted by Crippen LogP contribution is 2.29. The first-order valence-corrected chi connectivity index (χ1v) is 7.93. The lowest BCUT2D eigenvalue weighted by molar-refractivity contribution is 0.190. The Morgan fingerprint density at radius 3 is 2.70 bits per heavy atom. The summed E-state index contributed by atoms with van der Waals surface area (Å²) in [6.45, 7) is 6.93.